The first-order valence-electron chi connectivity index (χ1n) is 20.3. The first-order chi connectivity index (χ1) is 25.2. The van der Waals surface area contributed by atoms with E-state index in [2.05, 4.69) is 117 Å². The first-order valence-corrected chi connectivity index (χ1v) is 20.3. The third-order valence-corrected chi connectivity index (χ3v) is 9.83. The van der Waals surface area contributed by atoms with Gasteiger partial charge in [0, 0.05) is 13.1 Å². The summed E-state index contributed by atoms with van der Waals surface area (Å²) in [4.78, 5) is 14.8. The van der Waals surface area contributed by atoms with E-state index in [-0.39, 0.29) is 5.97 Å². The quantitative estimate of drug-likeness (QED) is 0.0703. The van der Waals surface area contributed by atoms with Crippen molar-refractivity contribution < 1.29 is 14.3 Å². The molecule has 0 saturated carbocycles. The lowest BCUT2D eigenvalue weighted by Gasteiger charge is -2.25. The first kappa shape index (κ1) is 47.5. The molecule has 53 heavy (non-hydrogen) atoms. The second kappa shape index (κ2) is 28.0. The number of allylic oxidation sites excluding steroid dienone is 12. The van der Waals surface area contributed by atoms with Crippen LogP contribution in [0.1, 0.15) is 163 Å². The highest BCUT2D eigenvalue weighted by molar-refractivity contribution is 5.91. The summed E-state index contributed by atoms with van der Waals surface area (Å²) in [7, 11) is 3.11. The normalized spacial score (nSPS) is 13.5. The summed E-state index contributed by atoms with van der Waals surface area (Å²) in [5, 5.41) is 0. The molecule has 0 spiro atoms. The van der Waals surface area contributed by atoms with Gasteiger partial charge in [-0.15, -0.1) is 0 Å². The number of rotatable bonds is 26. The Hall–Kier alpha value is -3.53. The average molecular weight is 728 g/mol. The fourth-order valence-corrected chi connectivity index (χ4v) is 6.16. The molecular weight excluding hydrogens is 651 g/mol. The third kappa shape index (κ3) is 23.0. The Morgan fingerprint density at radius 1 is 0.604 bits per heavy atom. The van der Waals surface area contributed by atoms with Crippen LogP contribution >= 0.6 is 0 Å². The van der Waals surface area contributed by atoms with Gasteiger partial charge < -0.3 is 14.4 Å². The minimum atomic E-state index is -0.345. The molecule has 0 radical (unpaired) electrons. The third-order valence-electron chi connectivity index (χ3n) is 9.83. The molecular formula is C49H77NO3. The number of esters is 1. The standard InChI is InChI=1S/C49H77NO3/c1-38(2)19-13-21-40(5)23-15-25-42(7)27-17-29-44(9)33-35-50(47-37-46(49(51)53-12)31-32-48(47)52-11)36-34-45(10)30-18-28-43(8)26-16-24-41(6)22-14-20-39(3)4/h19,23-24,27-28,31-34,37,39H,13-18,20-22,25-26,29-30,35-36H2,1-12H3/b40-23+,41-24+,42-27+,43-28+,44-33+,45-34+. The van der Waals surface area contributed by atoms with E-state index in [1.807, 2.05) is 12.1 Å². The van der Waals surface area contributed by atoms with Crippen LogP contribution in [0.25, 0.3) is 0 Å². The molecule has 296 valence electrons. The minimum Gasteiger partial charge on any atom is -0.495 e. The number of carbonyl (C=O) groups excluding carboxylic acids is 1. The van der Waals surface area contributed by atoms with Crippen molar-refractivity contribution >= 4 is 11.7 Å². The Morgan fingerprint density at radius 2 is 1.02 bits per heavy atom. The Kier molecular flexibility index (Phi) is 25.1. The van der Waals surface area contributed by atoms with Crippen molar-refractivity contribution in [1.29, 1.82) is 0 Å². The van der Waals surface area contributed by atoms with E-state index in [4.69, 9.17) is 9.47 Å². The molecule has 0 heterocycles. The van der Waals surface area contributed by atoms with Crippen LogP contribution in [-0.4, -0.2) is 33.3 Å². The summed E-state index contributed by atoms with van der Waals surface area (Å²) in [5.74, 6) is 1.19. The number of methoxy groups -OCH3 is 2. The molecule has 0 saturated heterocycles. The highest BCUT2D eigenvalue weighted by atomic mass is 16.5. The monoisotopic (exact) mass is 728 g/mol. The molecule has 0 N–H and O–H groups in total. The maximum Gasteiger partial charge on any atom is 0.337 e. The lowest BCUT2D eigenvalue weighted by atomic mass is 10.0. The van der Waals surface area contributed by atoms with Gasteiger partial charge in [0.2, 0.25) is 0 Å². The van der Waals surface area contributed by atoms with Crippen LogP contribution in [-0.2, 0) is 4.74 Å². The van der Waals surface area contributed by atoms with Gasteiger partial charge in [0.25, 0.3) is 0 Å². The summed E-state index contributed by atoms with van der Waals surface area (Å²) in [6.07, 6.45) is 31.4. The average Bonchev–Trinajstić information content (AvgIpc) is 3.10. The number of nitrogens with zero attached hydrogens (tertiary/aromatic N) is 1. The predicted octanol–water partition coefficient (Wildman–Crippen LogP) is 14.7. The van der Waals surface area contributed by atoms with Gasteiger partial charge >= 0.3 is 5.97 Å². The van der Waals surface area contributed by atoms with Crippen LogP contribution in [0.3, 0.4) is 0 Å². The van der Waals surface area contributed by atoms with E-state index in [0.717, 1.165) is 94.7 Å². The van der Waals surface area contributed by atoms with E-state index in [0.29, 0.717) is 5.56 Å². The van der Waals surface area contributed by atoms with E-state index in [1.165, 1.54) is 65.4 Å². The number of anilines is 1. The van der Waals surface area contributed by atoms with Gasteiger partial charge in [-0.25, -0.2) is 4.79 Å². The van der Waals surface area contributed by atoms with Crippen molar-refractivity contribution in [3.8, 4) is 5.75 Å². The van der Waals surface area contributed by atoms with E-state index in [1.54, 1.807) is 13.2 Å². The predicted molar refractivity (Wildman–Crippen MR) is 233 cm³/mol. The molecule has 0 aliphatic carbocycles. The zero-order valence-corrected chi connectivity index (χ0v) is 36.1. The fourth-order valence-electron chi connectivity index (χ4n) is 6.16. The highest BCUT2D eigenvalue weighted by Crippen LogP contribution is 2.30. The highest BCUT2D eigenvalue weighted by Gasteiger charge is 2.15. The van der Waals surface area contributed by atoms with Crippen molar-refractivity contribution in [2.24, 2.45) is 5.92 Å². The Labute approximate surface area is 326 Å². The number of hydrogen-bond acceptors (Lipinski definition) is 4. The van der Waals surface area contributed by atoms with Crippen molar-refractivity contribution in [2.45, 2.75) is 153 Å². The zero-order valence-electron chi connectivity index (χ0n) is 36.1. The molecule has 1 aromatic carbocycles. The number of ether oxygens (including phenoxy) is 2. The summed E-state index contributed by atoms with van der Waals surface area (Å²) in [6, 6.07) is 5.53. The second-order valence-corrected chi connectivity index (χ2v) is 15.8. The van der Waals surface area contributed by atoms with E-state index >= 15 is 0 Å². The van der Waals surface area contributed by atoms with Gasteiger partial charge in [-0.2, -0.15) is 0 Å². The smallest absolute Gasteiger partial charge is 0.337 e. The zero-order chi connectivity index (χ0) is 39.6. The van der Waals surface area contributed by atoms with Crippen LogP contribution in [0.2, 0.25) is 0 Å². The minimum absolute atomic E-state index is 0.345. The van der Waals surface area contributed by atoms with Crippen molar-refractivity contribution in [1.82, 2.24) is 0 Å². The van der Waals surface area contributed by atoms with Gasteiger partial charge in [0.05, 0.1) is 25.5 Å². The lowest BCUT2D eigenvalue weighted by molar-refractivity contribution is 0.0600. The van der Waals surface area contributed by atoms with Gasteiger partial charge in [-0.05, 0) is 157 Å². The van der Waals surface area contributed by atoms with Gasteiger partial charge in [0.1, 0.15) is 5.75 Å². The molecule has 0 bridgehead atoms. The molecule has 0 unspecified atom stereocenters. The van der Waals surface area contributed by atoms with Crippen LogP contribution < -0.4 is 9.64 Å². The number of carbonyl (C=O) groups is 1. The SMILES string of the molecule is COC(=O)c1ccc(OC)c(N(C/C=C(\C)CC/C=C(\C)CC/C=C(\C)CCC=C(C)C)C/C=C(\C)CC/C=C(\C)CC/C=C(\C)CCCC(C)C)c1. The van der Waals surface area contributed by atoms with Crippen molar-refractivity contribution in [2.75, 3.05) is 32.2 Å². The summed E-state index contributed by atoms with van der Waals surface area (Å²) in [5.41, 5.74) is 11.5. The molecule has 4 heteroatoms. The maximum atomic E-state index is 12.5. The molecule has 0 atom stereocenters. The number of benzene rings is 1. The Bertz CT molecular complexity index is 1440. The largest absolute Gasteiger partial charge is 0.495 e. The molecule has 4 nitrogen and oxygen atoms in total. The lowest BCUT2D eigenvalue weighted by Crippen LogP contribution is -2.25. The van der Waals surface area contributed by atoms with Crippen molar-refractivity contribution in [3.05, 3.63) is 105 Å². The van der Waals surface area contributed by atoms with E-state index < -0.39 is 0 Å². The molecule has 0 aromatic heterocycles. The molecule has 0 aliphatic heterocycles. The molecule has 1 aromatic rings. The summed E-state index contributed by atoms with van der Waals surface area (Å²) < 4.78 is 10.8. The second-order valence-electron chi connectivity index (χ2n) is 15.8. The number of hydrogen-bond donors (Lipinski definition) is 0. The molecule has 1 rings (SSSR count). The van der Waals surface area contributed by atoms with Gasteiger partial charge in [0.15, 0.2) is 0 Å². The topological polar surface area (TPSA) is 38.8 Å². The van der Waals surface area contributed by atoms with Gasteiger partial charge in [-0.3, -0.25) is 0 Å². The Balaban J connectivity index is 2.91. The summed E-state index contributed by atoms with van der Waals surface area (Å²) in [6.45, 7) is 23.9. The Morgan fingerprint density at radius 3 is 1.42 bits per heavy atom. The van der Waals surface area contributed by atoms with Crippen molar-refractivity contribution in [3.63, 3.8) is 0 Å². The van der Waals surface area contributed by atoms with Crippen LogP contribution in [0.5, 0.6) is 5.75 Å². The maximum absolute atomic E-state index is 12.5. The van der Waals surface area contributed by atoms with Crippen LogP contribution in [0.4, 0.5) is 5.69 Å². The molecule has 0 aliphatic rings. The van der Waals surface area contributed by atoms with Crippen LogP contribution in [0, 0.1) is 5.92 Å². The molecule has 0 amide bonds. The molecule has 0 fully saturated rings. The van der Waals surface area contributed by atoms with E-state index in [9.17, 15) is 4.79 Å². The van der Waals surface area contributed by atoms with Crippen LogP contribution in [0.15, 0.2) is 99.7 Å². The van der Waals surface area contributed by atoms with Gasteiger partial charge in [-0.1, -0.05) is 102 Å². The summed E-state index contributed by atoms with van der Waals surface area (Å²) >= 11 is 0. The fraction of sp³-hybridized carbons (Fsp3) is 0.571.